The van der Waals surface area contributed by atoms with Gasteiger partial charge in [0.05, 0.1) is 23.5 Å². The van der Waals surface area contributed by atoms with Gasteiger partial charge in [-0.1, -0.05) is 12.1 Å². The van der Waals surface area contributed by atoms with Gasteiger partial charge in [0.2, 0.25) is 0 Å². The number of carbonyl (C=O) groups is 1. The van der Waals surface area contributed by atoms with Crippen LogP contribution in [0.15, 0.2) is 42.5 Å². The molecule has 2 fully saturated rings. The number of nitrogens with zero attached hydrogens (tertiary/aromatic N) is 2. The van der Waals surface area contributed by atoms with Crippen LogP contribution in [0.1, 0.15) is 48.5 Å². The van der Waals surface area contributed by atoms with Gasteiger partial charge >= 0.3 is 0 Å². The molecule has 1 saturated heterocycles. The number of benzene rings is 2. The summed E-state index contributed by atoms with van der Waals surface area (Å²) in [6.07, 6.45) is 5.72. The summed E-state index contributed by atoms with van der Waals surface area (Å²) in [6.45, 7) is 2.79. The maximum Gasteiger partial charge on any atom is 0.253 e. The van der Waals surface area contributed by atoms with Crippen molar-refractivity contribution in [2.45, 2.75) is 38.1 Å². The zero-order valence-corrected chi connectivity index (χ0v) is 18.7. The molecule has 1 saturated carbocycles. The van der Waals surface area contributed by atoms with E-state index in [9.17, 15) is 4.79 Å². The van der Waals surface area contributed by atoms with Crippen molar-refractivity contribution in [2.24, 2.45) is 0 Å². The van der Waals surface area contributed by atoms with E-state index in [1.54, 1.807) is 7.11 Å². The van der Waals surface area contributed by atoms with Gasteiger partial charge in [0.15, 0.2) is 0 Å². The van der Waals surface area contributed by atoms with Crippen LogP contribution >= 0.6 is 0 Å². The molecule has 0 atom stereocenters. The van der Waals surface area contributed by atoms with Gasteiger partial charge in [0.1, 0.15) is 12.4 Å². The van der Waals surface area contributed by atoms with Gasteiger partial charge in [-0.3, -0.25) is 4.79 Å². The Kier molecular flexibility index (Phi) is 5.79. The Morgan fingerprint density at radius 2 is 1.78 bits per heavy atom. The van der Waals surface area contributed by atoms with Crippen LogP contribution in [0.3, 0.4) is 0 Å². The monoisotopic (exact) mass is 433 g/mol. The molecule has 0 spiro atoms. The van der Waals surface area contributed by atoms with Crippen molar-refractivity contribution in [3.8, 4) is 17.0 Å². The average molecular weight is 434 g/mol. The fraction of sp³-hybridized carbons (Fsp3) is 0.423. The Morgan fingerprint density at radius 1 is 1.03 bits per heavy atom. The summed E-state index contributed by atoms with van der Waals surface area (Å²) in [5.74, 6) is 0.949. The summed E-state index contributed by atoms with van der Waals surface area (Å²) in [6, 6.07) is 14.5. The van der Waals surface area contributed by atoms with Crippen LogP contribution in [0, 0.1) is 0 Å². The second-order valence-corrected chi connectivity index (χ2v) is 8.81. The van der Waals surface area contributed by atoms with E-state index < -0.39 is 0 Å². The van der Waals surface area contributed by atoms with Crippen molar-refractivity contribution in [2.75, 3.05) is 39.1 Å². The van der Waals surface area contributed by atoms with E-state index in [1.807, 2.05) is 35.2 Å². The molecule has 168 valence electrons. The summed E-state index contributed by atoms with van der Waals surface area (Å²) in [5.41, 5.74) is 11.4. The third-order valence-electron chi connectivity index (χ3n) is 6.81. The highest BCUT2D eigenvalue weighted by atomic mass is 16.5. The standard InChI is InChI=1S/C26H31N3O3/c1-31-15-16-32-21-11-12-22-23(17-21)29(20-5-4-6-20)25(24(22)27)18-7-9-19(10-8-18)26(30)28-13-2-3-14-28/h7-12,17,20H,2-6,13-16,27H2,1H3. The molecule has 6 heteroatoms. The molecule has 2 N–H and O–H groups in total. The average Bonchev–Trinajstić information content (AvgIpc) is 3.40. The first-order chi connectivity index (χ1) is 15.7. The van der Waals surface area contributed by atoms with E-state index in [0.717, 1.165) is 77.9 Å². The molecule has 0 bridgehead atoms. The van der Waals surface area contributed by atoms with Gasteiger partial charge in [-0.25, -0.2) is 0 Å². The third kappa shape index (κ3) is 3.73. The Hall–Kier alpha value is -2.99. The summed E-state index contributed by atoms with van der Waals surface area (Å²) in [4.78, 5) is 14.7. The molecular weight excluding hydrogens is 402 g/mol. The molecule has 2 heterocycles. The minimum absolute atomic E-state index is 0.124. The van der Waals surface area contributed by atoms with Crippen LogP contribution in [-0.4, -0.2) is 48.8 Å². The SMILES string of the molecule is COCCOc1ccc2c(N)c(-c3ccc(C(=O)N4CCCC4)cc3)n(C3CCC3)c2c1. The number of rotatable bonds is 7. The summed E-state index contributed by atoms with van der Waals surface area (Å²) < 4.78 is 13.4. The predicted octanol–water partition coefficient (Wildman–Crippen LogP) is 4.88. The first-order valence-electron chi connectivity index (χ1n) is 11.6. The number of anilines is 1. The quantitative estimate of drug-likeness (QED) is 0.540. The predicted molar refractivity (Wildman–Crippen MR) is 127 cm³/mol. The zero-order chi connectivity index (χ0) is 22.1. The number of hydrogen-bond donors (Lipinski definition) is 1. The number of carbonyl (C=O) groups excluding carboxylic acids is 1. The minimum atomic E-state index is 0.124. The van der Waals surface area contributed by atoms with E-state index in [0.29, 0.717) is 19.3 Å². The molecule has 2 aliphatic rings. The number of methoxy groups -OCH3 is 1. The van der Waals surface area contributed by atoms with E-state index in [4.69, 9.17) is 15.2 Å². The lowest BCUT2D eigenvalue weighted by Gasteiger charge is -2.30. The number of aromatic nitrogens is 1. The fourth-order valence-corrected chi connectivity index (χ4v) is 4.84. The normalized spacial score (nSPS) is 16.5. The van der Waals surface area contributed by atoms with Crippen molar-refractivity contribution < 1.29 is 14.3 Å². The Labute approximate surface area is 188 Å². The molecule has 1 aromatic heterocycles. The Balaban J connectivity index is 1.52. The van der Waals surface area contributed by atoms with Crippen LogP contribution < -0.4 is 10.5 Å². The second-order valence-electron chi connectivity index (χ2n) is 8.81. The molecule has 1 aliphatic heterocycles. The first-order valence-corrected chi connectivity index (χ1v) is 11.6. The van der Waals surface area contributed by atoms with Crippen molar-refractivity contribution >= 4 is 22.5 Å². The molecule has 0 unspecified atom stereocenters. The van der Waals surface area contributed by atoms with Gasteiger partial charge < -0.3 is 24.7 Å². The lowest BCUT2D eigenvalue weighted by atomic mass is 9.92. The minimum Gasteiger partial charge on any atom is -0.491 e. The lowest BCUT2D eigenvalue weighted by molar-refractivity contribution is 0.0793. The van der Waals surface area contributed by atoms with Crippen LogP contribution in [-0.2, 0) is 4.74 Å². The topological polar surface area (TPSA) is 69.7 Å². The van der Waals surface area contributed by atoms with Gasteiger partial charge in [0, 0.05) is 48.8 Å². The first kappa shape index (κ1) is 20.9. The molecule has 1 aliphatic carbocycles. The van der Waals surface area contributed by atoms with Crippen molar-refractivity contribution in [1.29, 1.82) is 0 Å². The second kappa shape index (κ2) is 8.87. The van der Waals surface area contributed by atoms with Crippen LogP contribution in [0.2, 0.25) is 0 Å². The van der Waals surface area contributed by atoms with E-state index in [-0.39, 0.29) is 5.91 Å². The van der Waals surface area contributed by atoms with Crippen molar-refractivity contribution in [3.63, 3.8) is 0 Å². The zero-order valence-electron chi connectivity index (χ0n) is 18.7. The molecular formula is C26H31N3O3. The number of hydrogen-bond acceptors (Lipinski definition) is 4. The number of likely N-dealkylation sites (tertiary alicyclic amines) is 1. The summed E-state index contributed by atoms with van der Waals surface area (Å²) in [7, 11) is 1.67. The number of fused-ring (bicyclic) bond motifs is 1. The molecule has 32 heavy (non-hydrogen) atoms. The number of amides is 1. The molecule has 2 aromatic carbocycles. The Morgan fingerprint density at radius 3 is 2.44 bits per heavy atom. The molecule has 5 rings (SSSR count). The van der Waals surface area contributed by atoms with Gasteiger partial charge in [0.25, 0.3) is 5.91 Å². The lowest BCUT2D eigenvalue weighted by Crippen LogP contribution is -2.27. The highest BCUT2D eigenvalue weighted by molar-refractivity contribution is 6.02. The maximum atomic E-state index is 12.8. The largest absolute Gasteiger partial charge is 0.491 e. The number of nitrogens with two attached hydrogens (primary N) is 1. The van der Waals surface area contributed by atoms with Gasteiger partial charge in [-0.15, -0.1) is 0 Å². The van der Waals surface area contributed by atoms with Crippen molar-refractivity contribution in [1.82, 2.24) is 9.47 Å². The van der Waals surface area contributed by atoms with Gasteiger partial charge in [-0.05, 0) is 56.4 Å². The summed E-state index contributed by atoms with van der Waals surface area (Å²) in [5, 5.41) is 1.04. The van der Waals surface area contributed by atoms with E-state index in [2.05, 4.69) is 16.7 Å². The highest BCUT2D eigenvalue weighted by Gasteiger charge is 2.27. The number of ether oxygens (including phenoxy) is 2. The third-order valence-corrected chi connectivity index (χ3v) is 6.81. The highest BCUT2D eigenvalue weighted by Crippen LogP contribution is 2.44. The van der Waals surface area contributed by atoms with Crippen LogP contribution in [0.25, 0.3) is 22.2 Å². The Bertz CT molecular complexity index is 1110. The fourth-order valence-electron chi connectivity index (χ4n) is 4.84. The molecule has 1 amide bonds. The van der Waals surface area contributed by atoms with E-state index >= 15 is 0 Å². The van der Waals surface area contributed by atoms with E-state index in [1.165, 1.54) is 6.42 Å². The summed E-state index contributed by atoms with van der Waals surface area (Å²) >= 11 is 0. The molecule has 6 nitrogen and oxygen atoms in total. The van der Waals surface area contributed by atoms with Crippen LogP contribution in [0.4, 0.5) is 5.69 Å². The maximum absolute atomic E-state index is 12.8. The van der Waals surface area contributed by atoms with Gasteiger partial charge in [-0.2, -0.15) is 0 Å². The van der Waals surface area contributed by atoms with Crippen molar-refractivity contribution in [3.05, 3.63) is 48.0 Å². The molecule has 3 aromatic rings. The molecule has 0 radical (unpaired) electrons. The smallest absolute Gasteiger partial charge is 0.253 e. The van der Waals surface area contributed by atoms with Crippen LogP contribution in [0.5, 0.6) is 5.75 Å². The number of nitrogen functional groups attached to an aromatic ring is 1.